The van der Waals surface area contributed by atoms with E-state index in [2.05, 4.69) is 18.4 Å². The number of rotatable bonds is 6. The Hall–Kier alpha value is -1.09. The minimum atomic E-state index is 0.368. The molecular formula is C12H19NO2. The van der Waals surface area contributed by atoms with Gasteiger partial charge in [-0.05, 0) is 25.5 Å². The van der Waals surface area contributed by atoms with E-state index in [1.165, 1.54) is 5.69 Å². The van der Waals surface area contributed by atoms with Gasteiger partial charge in [-0.3, -0.25) is 4.79 Å². The first kappa shape index (κ1) is 12.0. The second-order valence-corrected chi connectivity index (χ2v) is 3.74. The van der Waals surface area contributed by atoms with Crippen LogP contribution in [0.4, 0.5) is 0 Å². The molecule has 1 rings (SSSR count). The molecular weight excluding hydrogens is 190 g/mol. The number of carbonyl (C=O) groups is 1. The van der Waals surface area contributed by atoms with Crippen LogP contribution in [0, 0.1) is 0 Å². The molecule has 1 unspecified atom stereocenters. The molecule has 0 amide bonds. The molecule has 15 heavy (non-hydrogen) atoms. The Morgan fingerprint density at radius 2 is 2.27 bits per heavy atom. The highest BCUT2D eigenvalue weighted by molar-refractivity contribution is 5.72. The van der Waals surface area contributed by atoms with E-state index in [0.717, 1.165) is 24.8 Å². The van der Waals surface area contributed by atoms with Crippen molar-refractivity contribution in [1.82, 2.24) is 4.57 Å². The maximum absolute atomic E-state index is 10.9. The van der Waals surface area contributed by atoms with Gasteiger partial charge in [-0.2, -0.15) is 0 Å². The van der Waals surface area contributed by atoms with Gasteiger partial charge in [0.1, 0.15) is 0 Å². The predicted molar refractivity (Wildman–Crippen MR) is 60.4 cm³/mol. The maximum Gasteiger partial charge on any atom is 0.166 e. The summed E-state index contributed by atoms with van der Waals surface area (Å²) in [6, 6.07) is 4.26. The highest BCUT2D eigenvalue weighted by atomic mass is 16.5. The molecule has 3 nitrogen and oxygen atoms in total. The first-order valence-corrected chi connectivity index (χ1v) is 5.38. The van der Waals surface area contributed by atoms with Gasteiger partial charge in [0.25, 0.3) is 0 Å². The fraction of sp³-hybridized carbons (Fsp3) is 0.583. The molecule has 0 aromatic carbocycles. The van der Waals surface area contributed by atoms with E-state index in [0.29, 0.717) is 12.6 Å². The van der Waals surface area contributed by atoms with Crippen LogP contribution in [-0.4, -0.2) is 24.6 Å². The largest absolute Gasteiger partial charge is 0.384 e. The molecule has 0 radical (unpaired) electrons. The van der Waals surface area contributed by atoms with Crippen LogP contribution >= 0.6 is 0 Å². The fourth-order valence-electron chi connectivity index (χ4n) is 1.73. The van der Waals surface area contributed by atoms with Crippen molar-refractivity contribution in [3.63, 3.8) is 0 Å². The van der Waals surface area contributed by atoms with Crippen molar-refractivity contribution in [2.45, 2.75) is 32.7 Å². The van der Waals surface area contributed by atoms with E-state index >= 15 is 0 Å². The molecule has 1 aromatic rings. The summed E-state index contributed by atoms with van der Waals surface area (Å²) >= 11 is 0. The average molecular weight is 209 g/mol. The van der Waals surface area contributed by atoms with Crippen LogP contribution in [0.3, 0.4) is 0 Å². The lowest BCUT2D eigenvalue weighted by Crippen LogP contribution is -2.12. The van der Waals surface area contributed by atoms with Crippen LogP contribution < -0.4 is 0 Å². The Morgan fingerprint density at radius 3 is 2.80 bits per heavy atom. The van der Waals surface area contributed by atoms with Gasteiger partial charge < -0.3 is 9.30 Å². The van der Waals surface area contributed by atoms with Crippen molar-refractivity contribution in [3.8, 4) is 0 Å². The van der Waals surface area contributed by atoms with E-state index in [1.54, 1.807) is 7.11 Å². The summed E-state index contributed by atoms with van der Waals surface area (Å²) < 4.78 is 7.16. The molecule has 0 N–H and O–H groups in total. The summed E-state index contributed by atoms with van der Waals surface area (Å²) in [5, 5.41) is 0. The van der Waals surface area contributed by atoms with Gasteiger partial charge in [0, 0.05) is 25.3 Å². The second-order valence-electron chi connectivity index (χ2n) is 3.74. The van der Waals surface area contributed by atoms with Crippen molar-refractivity contribution in [2.24, 2.45) is 0 Å². The molecule has 0 saturated heterocycles. The van der Waals surface area contributed by atoms with E-state index in [1.807, 2.05) is 12.1 Å². The lowest BCUT2D eigenvalue weighted by atomic mass is 10.2. The lowest BCUT2D eigenvalue weighted by molar-refractivity contribution is 0.111. The summed E-state index contributed by atoms with van der Waals surface area (Å²) in [5.41, 5.74) is 1.93. The number of aldehydes is 1. The third-order valence-electron chi connectivity index (χ3n) is 2.75. The first-order valence-electron chi connectivity index (χ1n) is 5.38. The summed E-state index contributed by atoms with van der Waals surface area (Å²) in [6.45, 7) is 4.95. The highest BCUT2D eigenvalue weighted by Gasteiger charge is 2.11. The zero-order valence-corrected chi connectivity index (χ0v) is 9.69. The Kier molecular flexibility index (Phi) is 4.56. The smallest absolute Gasteiger partial charge is 0.166 e. The Bertz CT molecular complexity index is 317. The molecule has 1 aromatic heterocycles. The number of methoxy groups -OCH3 is 1. The monoisotopic (exact) mass is 209 g/mol. The van der Waals surface area contributed by atoms with Crippen LogP contribution in [-0.2, 0) is 11.2 Å². The molecule has 3 heteroatoms. The van der Waals surface area contributed by atoms with Crippen molar-refractivity contribution < 1.29 is 9.53 Å². The predicted octanol–water partition coefficient (Wildman–Crippen LogP) is 2.46. The lowest BCUT2D eigenvalue weighted by Gasteiger charge is -2.17. The van der Waals surface area contributed by atoms with E-state index < -0.39 is 0 Å². The van der Waals surface area contributed by atoms with Crippen molar-refractivity contribution in [3.05, 3.63) is 23.5 Å². The van der Waals surface area contributed by atoms with Crippen molar-refractivity contribution in [1.29, 1.82) is 0 Å². The van der Waals surface area contributed by atoms with Crippen LogP contribution in [0.25, 0.3) is 0 Å². The standard InChI is InChI=1S/C12H19NO2/c1-4-10(2)13-11(7-8-15-3)5-6-12(13)9-14/h5-6,9-10H,4,7-8H2,1-3H3. The van der Waals surface area contributed by atoms with Gasteiger partial charge in [0.05, 0.1) is 12.3 Å². The molecule has 1 heterocycles. The van der Waals surface area contributed by atoms with Crippen LogP contribution in [0.1, 0.15) is 42.5 Å². The average Bonchev–Trinajstić information content (AvgIpc) is 2.68. The van der Waals surface area contributed by atoms with Crippen LogP contribution in [0.5, 0.6) is 0 Å². The van der Waals surface area contributed by atoms with Gasteiger partial charge in [-0.15, -0.1) is 0 Å². The Morgan fingerprint density at radius 1 is 1.53 bits per heavy atom. The summed E-state index contributed by atoms with van der Waals surface area (Å²) in [7, 11) is 1.69. The molecule has 0 aliphatic carbocycles. The normalized spacial score (nSPS) is 12.7. The number of ether oxygens (including phenoxy) is 1. The van der Waals surface area contributed by atoms with Gasteiger partial charge in [0.2, 0.25) is 0 Å². The van der Waals surface area contributed by atoms with E-state index in [9.17, 15) is 4.79 Å². The number of hydrogen-bond donors (Lipinski definition) is 0. The maximum atomic E-state index is 10.9. The molecule has 1 atom stereocenters. The Balaban J connectivity index is 2.94. The number of hydrogen-bond acceptors (Lipinski definition) is 2. The molecule has 0 bridgehead atoms. The van der Waals surface area contributed by atoms with Gasteiger partial charge in [-0.25, -0.2) is 0 Å². The minimum absolute atomic E-state index is 0.368. The zero-order valence-electron chi connectivity index (χ0n) is 9.69. The third kappa shape index (κ3) is 2.69. The number of nitrogens with zero attached hydrogens (tertiary/aromatic N) is 1. The van der Waals surface area contributed by atoms with Crippen molar-refractivity contribution >= 4 is 6.29 Å². The van der Waals surface area contributed by atoms with E-state index in [-0.39, 0.29) is 0 Å². The van der Waals surface area contributed by atoms with Crippen molar-refractivity contribution in [2.75, 3.05) is 13.7 Å². The molecule has 0 saturated carbocycles. The second kappa shape index (κ2) is 5.71. The minimum Gasteiger partial charge on any atom is -0.384 e. The molecule has 0 aliphatic rings. The topological polar surface area (TPSA) is 31.2 Å². The highest BCUT2D eigenvalue weighted by Crippen LogP contribution is 2.18. The van der Waals surface area contributed by atoms with Crippen LogP contribution in [0.15, 0.2) is 12.1 Å². The van der Waals surface area contributed by atoms with Gasteiger partial charge in [-0.1, -0.05) is 6.92 Å². The molecule has 0 aliphatic heterocycles. The summed E-state index contributed by atoms with van der Waals surface area (Å²) in [6.07, 6.45) is 2.80. The summed E-state index contributed by atoms with van der Waals surface area (Å²) in [5.74, 6) is 0. The third-order valence-corrected chi connectivity index (χ3v) is 2.75. The molecule has 0 fully saturated rings. The zero-order chi connectivity index (χ0) is 11.3. The Labute approximate surface area is 91.0 Å². The summed E-state index contributed by atoms with van der Waals surface area (Å²) in [4.78, 5) is 10.9. The molecule has 84 valence electrons. The fourth-order valence-corrected chi connectivity index (χ4v) is 1.73. The van der Waals surface area contributed by atoms with Crippen LogP contribution in [0.2, 0.25) is 0 Å². The SMILES string of the molecule is CCC(C)n1c(C=O)ccc1CCOC. The van der Waals surface area contributed by atoms with Gasteiger partial charge in [0.15, 0.2) is 6.29 Å². The van der Waals surface area contributed by atoms with Gasteiger partial charge >= 0.3 is 0 Å². The number of carbonyl (C=O) groups excluding carboxylic acids is 1. The quantitative estimate of drug-likeness (QED) is 0.674. The first-order chi connectivity index (χ1) is 7.24. The number of aromatic nitrogens is 1. The van der Waals surface area contributed by atoms with E-state index in [4.69, 9.17) is 4.74 Å². The molecule has 0 spiro atoms.